The van der Waals surface area contributed by atoms with Crippen LogP contribution in [0.4, 0.5) is 0 Å². The van der Waals surface area contributed by atoms with Crippen molar-refractivity contribution in [1.29, 1.82) is 0 Å². The Labute approximate surface area is 154 Å². The van der Waals surface area contributed by atoms with Crippen molar-refractivity contribution >= 4 is 23.2 Å². The summed E-state index contributed by atoms with van der Waals surface area (Å²) in [4.78, 5) is 2.51. The van der Waals surface area contributed by atoms with E-state index in [1.165, 1.54) is 16.7 Å². The molecule has 0 aromatic heterocycles. The van der Waals surface area contributed by atoms with Crippen LogP contribution in [0.15, 0.2) is 42.5 Å². The van der Waals surface area contributed by atoms with E-state index < -0.39 is 0 Å². The van der Waals surface area contributed by atoms with E-state index in [0.29, 0.717) is 16.0 Å². The lowest BCUT2D eigenvalue weighted by molar-refractivity contribution is 0.198. The van der Waals surface area contributed by atoms with E-state index in [9.17, 15) is 0 Å². The Bertz CT molecular complexity index is 677. The minimum absolute atomic E-state index is 0.211. The average Bonchev–Trinajstić information content (AvgIpc) is 2.60. The van der Waals surface area contributed by atoms with Crippen LogP contribution in [0.2, 0.25) is 10.0 Å². The Balaban J connectivity index is 1.98. The first kappa shape index (κ1) is 17.8. The third kappa shape index (κ3) is 3.94. The van der Waals surface area contributed by atoms with Gasteiger partial charge in [0.05, 0.1) is 16.1 Å². The third-order valence-corrected chi connectivity index (χ3v) is 5.43. The Morgan fingerprint density at radius 2 is 1.42 bits per heavy atom. The van der Waals surface area contributed by atoms with Crippen molar-refractivity contribution in [3.8, 4) is 0 Å². The number of hydrogen-bond acceptors (Lipinski definition) is 2. The smallest absolute Gasteiger partial charge is 0.0603 e. The van der Waals surface area contributed by atoms with Crippen LogP contribution in [0.5, 0.6) is 0 Å². The van der Waals surface area contributed by atoms with Crippen LogP contribution >= 0.6 is 23.2 Å². The minimum atomic E-state index is 0.211. The number of benzene rings is 2. The van der Waals surface area contributed by atoms with Crippen molar-refractivity contribution in [3.63, 3.8) is 0 Å². The highest BCUT2D eigenvalue weighted by Gasteiger charge is 2.24. The molecule has 0 bridgehead atoms. The zero-order valence-electron chi connectivity index (χ0n) is 14.2. The number of rotatable bonds is 4. The standard InChI is InChI=1S/C20H24Cl2N2/c1-14(2)15-3-5-16(6-4-15)20(24-11-9-23-10-12-24)17-7-8-18(21)19(22)13-17/h3-8,13-14,20,23H,9-12H2,1-2H3. The lowest BCUT2D eigenvalue weighted by Gasteiger charge is -2.35. The first-order valence-corrected chi connectivity index (χ1v) is 9.31. The van der Waals surface area contributed by atoms with Crippen molar-refractivity contribution in [3.05, 3.63) is 69.2 Å². The molecule has 1 N–H and O–H groups in total. The maximum atomic E-state index is 6.29. The lowest BCUT2D eigenvalue weighted by Crippen LogP contribution is -2.45. The van der Waals surface area contributed by atoms with Gasteiger partial charge >= 0.3 is 0 Å². The van der Waals surface area contributed by atoms with E-state index >= 15 is 0 Å². The molecule has 1 atom stereocenters. The lowest BCUT2D eigenvalue weighted by atomic mass is 9.93. The Morgan fingerprint density at radius 3 is 2.00 bits per heavy atom. The van der Waals surface area contributed by atoms with Gasteiger partial charge in [0.15, 0.2) is 0 Å². The molecular weight excluding hydrogens is 339 g/mol. The number of halogens is 2. The Kier molecular flexibility index (Phi) is 5.83. The number of nitrogens with one attached hydrogen (secondary N) is 1. The third-order valence-electron chi connectivity index (χ3n) is 4.70. The van der Waals surface area contributed by atoms with Gasteiger partial charge in [-0.15, -0.1) is 0 Å². The molecule has 0 spiro atoms. The predicted molar refractivity (Wildman–Crippen MR) is 103 cm³/mol. The number of nitrogens with zero attached hydrogens (tertiary/aromatic N) is 1. The molecule has 24 heavy (non-hydrogen) atoms. The molecule has 1 unspecified atom stereocenters. The summed E-state index contributed by atoms with van der Waals surface area (Å²) in [5.74, 6) is 0.543. The summed E-state index contributed by atoms with van der Waals surface area (Å²) in [7, 11) is 0. The van der Waals surface area contributed by atoms with Gasteiger partial charge in [-0.3, -0.25) is 4.90 Å². The van der Waals surface area contributed by atoms with Crippen LogP contribution < -0.4 is 5.32 Å². The molecule has 0 saturated carbocycles. The molecule has 1 fully saturated rings. The molecule has 1 aliphatic rings. The minimum Gasteiger partial charge on any atom is -0.314 e. The van der Waals surface area contributed by atoms with Crippen molar-refractivity contribution in [2.24, 2.45) is 0 Å². The van der Waals surface area contributed by atoms with Crippen molar-refractivity contribution < 1.29 is 0 Å². The highest BCUT2D eigenvalue weighted by atomic mass is 35.5. The van der Waals surface area contributed by atoms with E-state index in [4.69, 9.17) is 23.2 Å². The monoisotopic (exact) mass is 362 g/mol. The first-order valence-electron chi connectivity index (χ1n) is 8.56. The van der Waals surface area contributed by atoms with Crippen molar-refractivity contribution in [2.75, 3.05) is 26.2 Å². The summed E-state index contributed by atoms with van der Waals surface area (Å²) in [5.41, 5.74) is 3.87. The highest BCUT2D eigenvalue weighted by Crippen LogP contribution is 2.33. The van der Waals surface area contributed by atoms with Crippen LogP contribution in [0.25, 0.3) is 0 Å². The summed E-state index contributed by atoms with van der Waals surface area (Å²) >= 11 is 12.4. The van der Waals surface area contributed by atoms with Crippen LogP contribution in [-0.2, 0) is 0 Å². The first-order chi connectivity index (χ1) is 11.6. The summed E-state index contributed by atoms with van der Waals surface area (Å²) in [5, 5.41) is 4.65. The average molecular weight is 363 g/mol. The Hall–Kier alpha value is -1.06. The molecule has 128 valence electrons. The number of hydrogen-bond donors (Lipinski definition) is 1. The molecule has 2 aromatic carbocycles. The molecule has 4 heteroatoms. The maximum absolute atomic E-state index is 6.29. The normalized spacial score (nSPS) is 17.2. The topological polar surface area (TPSA) is 15.3 Å². The maximum Gasteiger partial charge on any atom is 0.0603 e. The predicted octanol–water partition coefficient (Wildman–Crippen LogP) is 5.11. The molecular formula is C20H24Cl2N2. The second-order valence-corrected chi connectivity index (χ2v) is 7.50. The second kappa shape index (κ2) is 7.88. The summed E-state index contributed by atoms with van der Waals surface area (Å²) in [6.07, 6.45) is 0. The van der Waals surface area contributed by atoms with Gasteiger partial charge in [-0.1, -0.05) is 67.4 Å². The van der Waals surface area contributed by atoms with Crippen molar-refractivity contribution in [2.45, 2.75) is 25.8 Å². The fourth-order valence-corrected chi connectivity index (χ4v) is 3.61. The van der Waals surface area contributed by atoms with E-state index in [1.54, 1.807) is 0 Å². The van der Waals surface area contributed by atoms with Gasteiger partial charge < -0.3 is 5.32 Å². The van der Waals surface area contributed by atoms with Crippen molar-refractivity contribution in [1.82, 2.24) is 10.2 Å². The molecule has 2 nitrogen and oxygen atoms in total. The van der Waals surface area contributed by atoms with Gasteiger partial charge in [0.2, 0.25) is 0 Å². The van der Waals surface area contributed by atoms with Crippen LogP contribution in [0.3, 0.4) is 0 Å². The zero-order valence-corrected chi connectivity index (χ0v) is 15.7. The SMILES string of the molecule is CC(C)c1ccc(C(c2ccc(Cl)c(Cl)c2)N2CCNCC2)cc1. The Morgan fingerprint density at radius 1 is 0.833 bits per heavy atom. The molecule has 2 aromatic rings. The van der Waals surface area contributed by atoms with Gasteiger partial charge in [-0.05, 0) is 34.7 Å². The quantitative estimate of drug-likeness (QED) is 0.812. The molecule has 1 aliphatic heterocycles. The van der Waals surface area contributed by atoms with Gasteiger partial charge in [0, 0.05) is 26.2 Å². The molecule has 1 heterocycles. The van der Waals surface area contributed by atoms with E-state index in [-0.39, 0.29) is 6.04 Å². The highest BCUT2D eigenvalue weighted by molar-refractivity contribution is 6.42. The van der Waals surface area contributed by atoms with Crippen LogP contribution in [0, 0.1) is 0 Å². The number of piperazine rings is 1. The second-order valence-electron chi connectivity index (χ2n) is 6.68. The van der Waals surface area contributed by atoms with Gasteiger partial charge in [0.1, 0.15) is 0 Å². The van der Waals surface area contributed by atoms with Gasteiger partial charge in [-0.2, -0.15) is 0 Å². The summed E-state index contributed by atoms with van der Waals surface area (Å²) < 4.78 is 0. The zero-order chi connectivity index (χ0) is 17.1. The van der Waals surface area contributed by atoms with Gasteiger partial charge in [-0.25, -0.2) is 0 Å². The van der Waals surface area contributed by atoms with E-state index in [2.05, 4.69) is 54.4 Å². The fourth-order valence-electron chi connectivity index (χ4n) is 3.30. The van der Waals surface area contributed by atoms with Gasteiger partial charge in [0.25, 0.3) is 0 Å². The molecule has 3 rings (SSSR count). The molecule has 0 aliphatic carbocycles. The molecule has 0 amide bonds. The van der Waals surface area contributed by atoms with Crippen LogP contribution in [-0.4, -0.2) is 31.1 Å². The summed E-state index contributed by atoms with van der Waals surface area (Å²) in [6, 6.07) is 15.2. The van der Waals surface area contributed by atoms with E-state index in [0.717, 1.165) is 26.2 Å². The largest absolute Gasteiger partial charge is 0.314 e. The van der Waals surface area contributed by atoms with E-state index in [1.807, 2.05) is 12.1 Å². The summed E-state index contributed by atoms with van der Waals surface area (Å²) in [6.45, 7) is 8.53. The molecule has 1 saturated heterocycles. The fraction of sp³-hybridized carbons (Fsp3) is 0.400. The van der Waals surface area contributed by atoms with Crippen LogP contribution in [0.1, 0.15) is 42.5 Å². The molecule has 0 radical (unpaired) electrons.